The fourth-order valence-electron chi connectivity index (χ4n) is 3.72. The first-order valence-corrected chi connectivity index (χ1v) is 14.9. The van der Waals surface area contributed by atoms with Crippen molar-refractivity contribution in [2.24, 2.45) is 0 Å². The summed E-state index contributed by atoms with van der Waals surface area (Å²) in [5.74, 6) is -0.930. The second kappa shape index (κ2) is 13.5. The molecule has 0 aromatic heterocycles. The number of anilines is 1. The lowest BCUT2D eigenvalue weighted by Gasteiger charge is -2.32. The number of halogens is 3. The number of nitrogens with zero attached hydrogens (tertiary/aromatic N) is 2. The number of carbonyl (C=O) groups excluding carboxylic acids is 2. The summed E-state index contributed by atoms with van der Waals surface area (Å²) >= 11 is 18.3. The van der Waals surface area contributed by atoms with E-state index in [1.54, 1.807) is 49.4 Å². The first-order valence-electron chi connectivity index (χ1n) is 12.3. The van der Waals surface area contributed by atoms with E-state index < -0.39 is 28.5 Å². The fraction of sp³-hybridized carbons (Fsp3) is 0.286. The maximum atomic E-state index is 13.9. The molecule has 39 heavy (non-hydrogen) atoms. The number of amides is 2. The molecule has 3 rings (SSSR count). The second-order valence-corrected chi connectivity index (χ2v) is 12.2. The van der Waals surface area contributed by atoms with Crippen LogP contribution in [0, 0.1) is 0 Å². The summed E-state index contributed by atoms with van der Waals surface area (Å²) in [6.45, 7) is 4.90. The van der Waals surface area contributed by atoms with Crippen LogP contribution < -0.4 is 9.62 Å². The van der Waals surface area contributed by atoms with Crippen molar-refractivity contribution in [2.75, 3.05) is 10.8 Å². The molecular formula is C28H30Cl3N3O4S. The number of hydrogen-bond acceptors (Lipinski definition) is 4. The molecule has 208 valence electrons. The largest absolute Gasteiger partial charge is 0.352 e. The molecule has 7 nitrogen and oxygen atoms in total. The molecule has 0 fully saturated rings. The van der Waals surface area contributed by atoms with Crippen molar-refractivity contribution in [3.63, 3.8) is 0 Å². The number of benzene rings is 3. The minimum absolute atomic E-state index is 0.00399. The van der Waals surface area contributed by atoms with Crippen molar-refractivity contribution in [3.05, 3.63) is 93.4 Å². The minimum Gasteiger partial charge on any atom is -0.352 e. The van der Waals surface area contributed by atoms with Crippen molar-refractivity contribution < 1.29 is 18.0 Å². The van der Waals surface area contributed by atoms with Crippen LogP contribution in [0.25, 0.3) is 0 Å². The van der Waals surface area contributed by atoms with Gasteiger partial charge in [-0.2, -0.15) is 0 Å². The Kier molecular flexibility index (Phi) is 10.7. The van der Waals surface area contributed by atoms with Crippen molar-refractivity contribution in [2.45, 2.75) is 50.7 Å². The van der Waals surface area contributed by atoms with Crippen molar-refractivity contribution in [1.82, 2.24) is 10.2 Å². The molecule has 0 unspecified atom stereocenters. The van der Waals surface area contributed by atoms with Gasteiger partial charge in [-0.25, -0.2) is 8.42 Å². The fourth-order valence-corrected chi connectivity index (χ4v) is 5.57. The third-order valence-corrected chi connectivity index (χ3v) is 9.01. The molecule has 0 bridgehead atoms. The van der Waals surface area contributed by atoms with Gasteiger partial charge >= 0.3 is 0 Å². The van der Waals surface area contributed by atoms with E-state index in [0.717, 1.165) is 9.87 Å². The average molecular weight is 611 g/mol. The Morgan fingerprint density at radius 2 is 1.54 bits per heavy atom. The summed E-state index contributed by atoms with van der Waals surface area (Å²) in [5, 5.41) is 3.80. The van der Waals surface area contributed by atoms with Gasteiger partial charge in [0.05, 0.1) is 20.6 Å². The molecule has 11 heteroatoms. The normalized spacial score (nSPS) is 12.9. The summed E-state index contributed by atoms with van der Waals surface area (Å²) < 4.78 is 28.5. The van der Waals surface area contributed by atoms with Gasteiger partial charge in [0.25, 0.3) is 10.0 Å². The zero-order valence-electron chi connectivity index (χ0n) is 21.8. The molecule has 0 saturated carbocycles. The molecule has 0 aliphatic heterocycles. The van der Waals surface area contributed by atoms with Crippen molar-refractivity contribution >= 4 is 62.3 Å². The highest BCUT2D eigenvalue weighted by Gasteiger charge is 2.33. The number of rotatable bonds is 11. The molecule has 0 aliphatic rings. The quantitative estimate of drug-likeness (QED) is 0.281. The van der Waals surface area contributed by atoms with Gasteiger partial charge in [-0.1, -0.05) is 72.1 Å². The molecule has 0 saturated heterocycles. The first kappa shape index (κ1) is 30.8. The van der Waals surface area contributed by atoms with Crippen molar-refractivity contribution in [3.8, 4) is 0 Å². The number of carbonyl (C=O) groups is 2. The van der Waals surface area contributed by atoms with Gasteiger partial charge in [0.2, 0.25) is 11.8 Å². The third kappa shape index (κ3) is 7.88. The van der Waals surface area contributed by atoms with Crippen LogP contribution in [0.4, 0.5) is 5.69 Å². The lowest BCUT2D eigenvalue weighted by molar-refractivity contribution is -0.139. The van der Waals surface area contributed by atoms with Crippen LogP contribution in [0.15, 0.2) is 77.7 Å². The molecular weight excluding hydrogens is 581 g/mol. The molecule has 3 aromatic rings. The summed E-state index contributed by atoms with van der Waals surface area (Å²) in [6.07, 6.45) is 0.712. The summed E-state index contributed by atoms with van der Waals surface area (Å²) in [7, 11) is -4.19. The molecule has 2 atom stereocenters. The molecule has 2 amide bonds. The Morgan fingerprint density at radius 3 is 2.13 bits per heavy atom. The van der Waals surface area contributed by atoms with Gasteiger partial charge in [-0.3, -0.25) is 13.9 Å². The molecule has 0 spiro atoms. The SMILES string of the molecule is CC[C@H](C)NC(=O)[C@H](C)N(Cc1ccc(Cl)cc1)C(=O)CN(c1ccc(Cl)c(Cl)c1)S(=O)(=O)c1ccccc1. The van der Waals surface area contributed by atoms with Gasteiger partial charge < -0.3 is 10.2 Å². The van der Waals surface area contributed by atoms with Gasteiger partial charge in [-0.05, 0) is 68.3 Å². The number of sulfonamides is 1. The van der Waals surface area contributed by atoms with E-state index in [1.807, 2.05) is 13.8 Å². The van der Waals surface area contributed by atoms with Gasteiger partial charge in [0, 0.05) is 17.6 Å². The van der Waals surface area contributed by atoms with Crippen LogP contribution in [0.5, 0.6) is 0 Å². The van der Waals surface area contributed by atoms with Crippen LogP contribution in [0.2, 0.25) is 15.1 Å². The Bertz CT molecular complexity index is 1400. The van der Waals surface area contributed by atoms with E-state index in [1.165, 1.54) is 35.2 Å². The average Bonchev–Trinajstić information content (AvgIpc) is 2.92. The van der Waals surface area contributed by atoms with E-state index >= 15 is 0 Å². The lowest BCUT2D eigenvalue weighted by Crippen LogP contribution is -2.52. The Balaban J connectivity index is 2.03. The minimum atomic E-state index is -4.19. The number of hydrogen-bond donors (Lipinski definition) is 1. The summed E-state index contributed by atoms with van der Waals surface area (Å²) in [6, 6.07) is 18.0. The standard InChI is InChI=1S/C28H30Cl3N3O4S/c1-4-19(2)32-28(36)20(3)33(17-21-10-12-22(29)13-11-21)27(35)18-34(23-14-15-25(30)26(31)16-23)39(37,38)24-8-6-5-7-9-24/h5-16,19-20H,4,17-18H2,1-3H3,(H,32,36)/t19-,20-/m0/s1. The zero-order chi connectivity index (χ0) is 28.7. The molecule has 1 N–H and O–H groups in total. The maximum Gasteiger partial charge on any atom is 0.264 e. The van der Waals surface area contributed by atoms with Gasteiger partial charge in [0.15, 0.2) is 0 Å². The van der Waals surface area contributed by atoms with E-state index in [-0.39, 0.29) is 39.1 Å². The predicted octanol–water partition coefficient (Wildman–Crippen LogP) is 6.17. The summed E-state index contributed by atoms with van der Waals surface area (Å²) in [4.78, 5) is 28.3. The highest BCUT2D eigenvalue weighted by atomic mass is 35.5. The maximum absolute atomic E-state index is 13.9. The number of nitrogens with one attached hydrogen (secondary N) is 1. The van der Waals surface area contributed by atoms with E-state index in [4.69, 9.17) is 34.8 Å². The second-order valence-electron chi connectivity index (χ2n) is 9.07. The lowest BCUT2D eigenvalue weighted by atomic mass is 10.1. The predicted molar refractivity (Wildman–Crippen MR) is 157 cm³/mol. The van der Waals surface area contributed by atoms with E-state index in [2.05, 4.69) is 5.32 Å². The van der Waals surface area contributed by atoms with Crippen LogP contribution in [0.3, 0.4) is 0 Å². The topological polar surface area (TPSA) is 86.8 Å². The van der Waals surface area contributed by atoms with Crippen LogP contribution in [0.1, 0.15) is 32.8 Å². The monoisotopic (exact) mass is 609 g/mol. The van der Waals surface area contributed by atoms with Gasteiger partial charge in [-0.15, -0.1) is 0 Å². The highest BCUT2D eigenvalue weighted by molar-refractivity contribution is 7.92. The van der Waals surface area contributed by atoms with Crippen LogP contribution >= 0.6 is 34.8 Å². The molecule has 0 heterocycles. The zero-order valence-corrected chi connectivity index (χ0v) is 24.9. The summed E-state index contributed by atoms with van der Waals surface area (Å²) in [5.41, 5.74) is 0.882. The smallest absolute Gasteiger partial charge is 0.264 e. The van der Waals surface area contributed by atoms with Gasteiger partial charge in [0.1, 0.15) is 12.6 Å². The van der Waals surface area contributed by atoms with E-state index in [0.29, 0.717) is 11.4 Å². The van der Waals surface area contributed by atoms with Crippen LogP contribution in [-0.4, -0.2) is 43.8 Å². The highest BCUT2D eigenvalue weighted by Crippen LogP contribution is 2.31. The Hall–Kier alpha value is -2.78. The first-order chi connectivity index (χ1) is 18.4. The molecule has 0 aliphatic carbocycles. The molecule has 3 aromatic carbocycles. The Labute approximate surface area is 244 Å². The third-order valence-electron chi connectivity index (χ3n) is 6.24. The van der Waals surface area contributed by atoms with E-state index in [9.17, 15) is 18.0 Å². The Morgan fingerprint density at radius 1 is 0.897 bits per heavy atom. The van der Waals surface area contributed by atoms with Crippen LogP contribution in [-0.2, 0) is 26.2 Å². The molecule has 0 radical (unpaired) electrons. The van der Waals surface area contributed by atoms with Crippen molar-refractivity contribution in [1.29, 1.82) is 0 Å².